The molecule has 1 aliphatic rings. The smallest absolute Gasteiger partial charge is 0.254 e. The van der Waals surface area contributed by atoms with E-state index in [4.69, 9.17) is 0 Å². The average Bonchev–Trinajstić information content (AvgIpc) is 2.96. The Bertz CT molecular complexity index is 671. The Morgan fingerprint density at radius 3 is 2.48 bits per heavy atom. The van der Waals surface area contributed by atoms with E-state index in [1.807, 2.05) is 6.07 Å². The zero-order valence-electron chi connectivity index (χ0n) is 11.4. The van der Waals surface area contributed by atoms with Crippen LogP contribution in [0.4, 0.5) is 8.78 Å². The van der Waals surface area contributed by atoms with E-state index in [9.17, 15) is 13.6 Å². The third kappa shape index (κ3) is 2.79. The quantitative estimate of drug-likeness (QED) is 0.819. The van der Waals surface area contributed by atoms with Crippen LogP contribution in [0.5, 0.6) is 0 Å². The van der Waals surface area contributed by atoms with Crippen LogP contribution in [0.3, 0.4) is 0 Å². The molecule has 21 heavy (non-hydrogen) atoms. The minimum Gasteiger partial charge on any atom is -0.332 e. The van der Waals surface area contributed by atoms with Crippen molar-refractivity contribution >= 4 is 5.91 Å². The van der Waals surface area contributed by atoms with Crippen LogP contribution < -0.4 is 0 Å². The van der Waals surface area contributed by atoms with E-state index in [1.54, 1.807) is 17.0 Å². The van der Waals surface area contributed by atoms with Crippen molar-refractivity contribution in [3.8, 4) is 0 Å². The fourth-order valence-electron chi connectivity index (χ4n) is 2.86. The van der Waals surface area contributed by atoms with E-state index in [-0.39, 0.29) is 17.8 Å². The molecule has 2 nitrogen and oxygen atoms in total. The average molecular weight is 287 g/mol. The standard InChI is InChI=1S/C17H15F2NO/c18-14-6-1-4-12(10-14)16-8-3-9-20(16)17(21)13-5-2-7-15(19)11-13/h1-2,4-7,10-11,16H,3,8-9H2. The molecule has 1 aliphatic heterocycles. The number of rotatable bonds is 2. The number of carbonyl (C=O) groups excluding carboxylic acids is 1. The minimum absolute atomic E-state index is 0.142. The zero-order valence-corrected chi connectivity index (χ0v) is 11.4. The van der Waals surface area contributed by atoms with Crippen LogP contribution in [0.1, 0.15) is 34.8 Å². The zero-order chi connectivity index (χ0) is 14.8. The third-order valence-electron chi connectivity index (χ3n) is 3.82. The SMILES string of the molecule is O=C(c1cccc(F)c1)N1CCCC1c1cccc(F)c1. The van der Waals surface area contributed by atoms with E-state index in [0.717, 1.165) is 18.4 Å². The second kappa shape index (κ2) is 5.64. The first-order valence-electron chi connectivity index (χ1n) is 6.97. The first kappa shape index (κ1) is 13.7. The van der Waals surface area contributed by atoms with Crippen LogP contribution in [0.25, 0.3) is 0 Å². The van der Waals surface area contributed by atoms with Gasteiger partial charge in [-0.15, -0.1) is 0 Å². The van der Waals surface area contributed by atoms with E-state index in [0.29, 0.717) is 12.1 Å². The summed E-state index contributed by atoms with van der Waals surface area (Å²) in [7, 11) is 0. The highest BCUT2D eigenvalue weighted by atomic mass is 19.1. The van der Waals surface area contributed by atoms with Gasteiger partial charge in [0.1, 0.15) is 11.6 Å². The maximum atomic E-state index is 13.4. The second-order valence-corrected chi connectivity index (χ2v) is 5.22. The summed E-state index contributed by atoms with van der Waals surface area (Å²) in [6, 6.07) is 11.9. The largest absolute Gasteiger partial charge is 0.332 e. The molecular weight excluding hydrogens is 272 g/mol. The summed E-state index contributed by atoms with van der Waals surface area (Å²) in [6.07, 6.45) is 1.66. The Hall–Kier alpha value is -2.23. The number of carbonyl (C=O) groups is 1. The number of hydrogen-bond acceptors (Lipinski definition) is 1. The van der Waals surface area contributed by atoms with Gasteiger partial charge in [-0.1, -0.05) is 18.2 Å². The lowest BCUT2D eigenvalue weighted by Crippen LogP contribution is -2.30. The molecule has 0 bridgehead atoms. The van der Waals surface area contributed by atoms with Gasteiger partial charge in [-0.3, -0.25) is 4.79 Å². The van der Waals surface area contributed by atoms with E-state index in [1.165, 1.54) is 30.3 Å². The van der Waals surface area contributed by atoms with Crippen molar-refractivity contribution in [2.24, 2.45) is 0 Å². The highest BCUT2D eigenvalue weighted by molar-refractivity contribution is 5.94. The number of halogens is 2. The maximum absolute atomic E-state index is 13.4. The molecule has 0 N–H and O–H groups in total. The summed E-state index contributed by atoms with van der Waals surface area (Å²) >= 11 is 0. The van der Waals surface area contributed by atoms with Crippen LogP contribution >= 0.6 is 0 Å². The van der Waals surface area contributed by atoms with Gasteiger partial charge < -0.3 is 4.90 Å². The Morgan fingerprint density at radius 2 is 1.76 bits per heavy atom. The Balaban J connectivity index is 1.89. The van der Waals surface area contributed by atoms with Crippen LogP contribution in [0.15, 0.2) is 48.5 Å². The molecule has 0 saturated carbocycles. The van der Waals surface area contributed by atoms with Crippen molar-refractivity contribution in [2.45, 2.75) is 18.9 Å². The van der Waals surface area contributed by atoms with Crippen molar-refractivity contribution < 1.29 is 13.6 Å². The first-order valence-corrected chi connectivity index (χ1v) is 6.97. The number of amides is 1. The third-order valence-corrected chi connectivity index (χ3v) is 3.82. The highest BCUT2D eigenvalue weighted by Crippen LogP contribution is 2.33. The molecule has 1 heterocycles. The summed E-state index contributed by atoms with van der Waals surface area (Å²) in [5.74, 6) is -0.943. The summed E-state index contributed by atoms with van der Waals surface area (Å²) in [4.78, 5) is 14.2. The molecule has 1 atom stereocenters. The van der Waals surface area contributed by atoms with Gasteiger partial charge in [-0.25, -0.2) is 8.78 Å². The number of nitrogens with zero attached hydrogens (tertiary/aromatic N) is 1. The molecule has 1 unspecified atom stereocenters. The normalized spacial score (nSPS) is 18.0. The van der Waals surface area contributed by atoms with Crippen molar-refractivity contribution in [1.82, 2.24) is 4.90 Å². The molecule has 1 amide bonds. The molecule has 0 aromatic heterocycles. The van der Waals surface area contributed by atoms with E-state index < -0.39 is 5.82 Å². The van der Waals surface area contributed by atoms with Gasteiger partial charge in [0, 0.05) is 12.1 Å². The van der Waals surface area contributed by atoms with Crippen molar-refractivity contribution in [2.75, 3.05) is 6.54 Å². The van der Waals surface area contributed by atoms with E-state index >= 15 is 0 Å². The van der Waals surface area contributed by atoms with Crippen molar-refractivity contribution in [1.29, 1.82) is 0 Å². The molecule has 3 rings (SSSR count). The monoisotopic (exact) mass is 287 g/mol. The lowest BCUT2D eigenvalue weighted by atomic mass is 10.0. The second-order valence-electron chi connectivity index (χ2n) is 5.22. The fourth-order valence-corrected chi connectivity index (χ4v) is 2.86. The number of hydrogen-bond donors (Lipinski definition) is 0. The van der Waals surface area contributed by atoms with Crippen molar-refractivity contribution in [3.63, 3.8) is 0 Å². The molecule has 2 aromatic carbocycles. The molecule has 0 aliphatic carbocycles. The Morgan fingerprint density at radius 1 is 1.05 bits per heavy atom. The van der Waals surface area contributed by atoms with Gasteiger partial charge in [0.15, 0.2) is 0 Å². The lowest BCUT2D eigenvalue weighted by molar-refractivity contribution is 0.0735. The van der Waals surface area contributed by atoms with E-state index in [2.05, 4.69) is 0 Å². The van der Waals surface area contributed by atoms with Crippen LogP contribution in [0, 0.1) is 11.6 Å². The Labute approximate surface area is 122 Å². The van der Waals surface area contributed by atoms with Gasteiger partial charge in [0.2, 0.25) is 0 Å². The Kier molecular flexibility index (Phi) is 3.69. The summed E-state index contributed by atoms with van der Waals surface area (Å²) < 4.78 is 26.6. The predicted octanol–water partition coefficient (Wildman–Crippen LogP) is 3.94. The van der Waals surface area contributed by atoms with Gasteiger partial charge in [-0.2, -0.15) is 0 Å². The molecule has 1 saturated heterocycles. The molecule has 108 valence electrons. The topological polar surface area (TPSA) is 20.3 Å². The van der Waals surface area contributed by atoms with Gasteiger partial charge in [0.25, 0.3) is 5.91 Å². The first-order chi connectivity index (χ1) is 10.1. The van der Waals surface area contributed by atoms with Crippen molar-refractivity contribution in [3.05, 3.63) is 71.3 Å². The summed E-state index contributed by atoms with van der Waals surface area (Å²) in [5.41, 5.74) is 1.12. The molecule has 1 fully saturated rings. The van der Waals surface area contributed by atoms with Crippen LogP contribution in [0.2, 0.25) is 0 Å². The summed E-state index contributed by atoms with van der Waals surface area (Å²) in [6.45, 7) is 0.608. The lowest BCUT2D eigenvalue weighted by Gasteiger charge is -2.25. The van der Waals surface area contributed by atoms with Gasteiger partial charge in [0.05, 0.1) is 6.04 Å². The molecule has 4 heteroatoms. The maximum Gasteiger partial charge on any atom is 0.254 e. The van der Waals surface area contributed by atoms with Gasteiger partial charge in [-0.05, 0) is 48.7 Å². The van der Waals surface area contributed by atoms with Gasteiger partial charge >= 0.3 is 0 Å². The van der Waals surface area contributed by atoms with Crippen LogP contribution in [-0.2, 0) is 0 Å². The summed E-state index contributed by atoms with van der Waals surface area (Å²) in [5, 5.41) is 0. The van der Waals surface area contributed by atoms with Crippen LogP contribution in [-0.4, -0.2) is 17.4 Å². The predicted molar refractivity (Wildman–Crippen MR) is 75.8 cm³/mol. The molecule has 2 aromatic rings. The minimum atomic E-state index is -0.428. The molecule has 0 spiro atoms. The highest BCUT2D eigenvalue weighted by Gasteiger charge is 2.30. The molecule has 0 radical (unpaired) electrons. The number of likely N-dealkylation sites (tertiary alicyclic amines) is 1. The number of benzene rings is 2. The fraction of sp³-hybridized carbons (Fsp3) is 0.235. The molecular formula is C17H15F2NO.